The molecule has 7 nitrogen and oxygen atoms in total. The van der Waals surface area contributed by atoms with Gasteiger partial charge in [0.2, 0.25) is 5.91 Å². The molecule has 0 aromatic heterocycles. The highest BCUT2D eigenvalue weighted by Gasteiger charge is 2.21. The first-order valence-corrected chi connectivity index (χ1v) is 6.20. The third kappa shape index (κ3) is 4.20. The topological polar surface area (TPSA) is 90.7 Å². The average Bonchev–Trinajstić information content (AvgIpc) is 2.46. The van der Waals surface area contributed by atoms with Crippen molar-refractivity contribution in [2.45, 2.75) is 6.92 Å². The highest BCUT2D eigenvalue weighted by molar-refractivity contribution is 5.92. The molecule has 1 rings (SSSR count). The first-order chi connectivity index (χ1) is 10.4. The number of carbonyl (C=O) groups excluding carboxylic acids is 1. The van der Waals surface area contributed by atoms with E-state index in [0.717, 1.165) is 0 Å². The minimum absolute atomic E-state index is 0.00955. The quantitative estimate of drug-likeness (QED) is 0.361. The predicted octanol–water partition coefficient (Wildman–Crippen LogP) is 3.20. The molecule has 0 bridgehead atoms. The van der Waals surface area contributed by atoms with Crippen LogP contribution < -0.4 is 14.8 Å². The number of benzene rings is 1. The van der Waals surface area contributed by atoms with Crippen LogP contribution in [0.15, 0.2) is 49.3 Å². The Balaban J connectivity index is 3.40. The van der Waals surface area contributed by atoms with Crippen molar-refractivity contribution in [1.29, 1.82) is 0 Å². The van der Waals surface area contributed by atoms with Crippen molar-refractivity contribution in [3.8, 4) is 11.5 Å². The molecule has 7 heteroatoms. The number of nitrogens with one attached hydrogen (secondary N) is 1. The molecule has 0 radical (unpaired) electrons. The average molecular weight is 304 g/mol. The third-order valence-corrected chi connectivity index (χ3v) is 2.50. The Morgan fingerprint density at radius 1 is 1.36 bits per heavy atom. The van der Waals surface area contributed by atoms with Crippen LogP contribution in [-0.4, -0.2) is 17.9 Å². The minimum Gasteiger partial charge on any atom is -0.493 e. The fraction of sp³-hybridized carbons (Fsp3) is 0.133. The highest BCUT2D eigenvalue weighted by Crippen LogP contribution is 2.38. The number of anilines is 1. The summed E-state index contributed by atoms with van der Waals surface area (Å²) in [7, 11) is 1.36. The molecule has 0 aliphatic rings. The van der Waals surface area contributed by atoms with E-state index in [9.17, 15) is 14.9 Å². The second kappa shape index (κ2) is 7.63. The number of allylic oxidation sites excluding steroid dienone is 3. The van der Waals surface area contributed by atoms with E-state index in [2.05, 4.69) is 18.5 Å². The first-order valence-electron chi connectivity index (χ1n) is 6.20. The van der Waals surface area contributed by atoms with E-state index in [4.69, 9.17) is 9.47 Å². The molecule has 0 unspecified atom stereocenters. The maximum Gasteiger partial charge on any atom is 0.296 e. The molecule has 1 amide bonds. The van der Waals surface area contributed by atoms with Crippen LogP contribution in [0.2, 0.25) is 0 Å². The Labute approximate surface area is 127 Å². The largest absolute Gasteiger partial charge is 0.493 e. The van der Waals surface area contributed by atoms with E-state index in [1.54, 1.807) is 6.08 Å². The molecule has 0 aliphatic heterocycles. The molecule has 1 aromatic rings. The van der Waals surface area contributed by atoms with Crippen molar-refractivity contribution < 1.29 is 19.2 Å². The van der Waals surface area contributed by atoms with Gasteiger partial charge in [-0.1, -0.05) is 19.2 Å². The lowest BCUT2D eigenvalue weighted by atomic mass is 10.2. The molecular formula is C15H16N2O5. The summed E-state index contributed by atoms with van der Waals surface area (Å²) in [6.45, 7) is 8.38. The van der Waals surface area contributed by atoms with E-state index in [0.29, 0.717) is 5.76 Å². The summed E-state index contributed by atoms with van der Waals surface area (Å²) in [5, 5.41) is 13.5. The van der Waals surface area contributed by atoms with Crippen LogP contribution in [0.1, 0.15) is 6.92 Å². The molecule has 0 fully saturated rings. The van der Waals surface area contributed by atoms with Crippen molar-refractivity contribution in [2.24, 2.45) is 0 Å². The Morgan fingerprint density at radius 3 is 2.50 bits per heavy atom. The summed E-state index contributed by atoms with van der Waals surface area (Å²) in [5.41, 5.74) is -0.289. The standard InChI is InChI=1S/C15H16N2O5/c1-5-7-11(6-2)22-15-8-12(16-10(3)18)13(17(19)20)9-14(15)21-4/h5-9H,1-2H2,3-4H3,(H,16,18)/b11-7+. The van der Waals surface area contributed by atoms with Crippen LogP contribution >= 0.6 is 0 Å². The van der Waals surface area contributed by atoms with E-state index >= 15 is 0 Å². The number of nitrogens with zero attached hydrogens (tertiary/aromatic N) is 1. The maximum absolute atomic E-state index is 11.2. The number of nitro benzene ring substituents is 1. The fourth-order valence-corrected chi connectivity index (χ4v) is 1.62. The minimum atomic E-state index is -0.619. The van der Waals surface area contributed by atoms with Crippen LogP contribution in [-0.2, 0) is 4.79 Å². The van der Waals surface area contributed by atoms with E-state index in [1.807, 2.05) is 0 Å². The van der Waals surface area contributed by atoms with Gasteiger partial charge in [-0.25, -0.2) is 0 Å². The van der Waals surface area contributed by atoms with Gasteiger partial charge in [0.1, 0.15) is 11.4 Å². The molecule has 0 saturated heterocycles. The normalized spacial score (nSPS) is 10.5. The Hall–Kier alpha value is -3.09. The van der Waals surface area contributed by atoms with Crippen LogP contribution in [0.5, 0.6) is 11.5 Å². The van der Waals surface area contributed by atoms with Gasteiger partial charge in [0.05, 0.1) is 18.1 Å². The van der Waals surface area contributed by atoms with Crippen molar-refractivity contribution in [3.63, 3.8) is 0 Å². The maximum atomic E-state index is 11.2. The summed E-state index contributed by atoms with van der Waals surface area (Å²) in [6.07, 6.45) is 4.51. The summed E-state index contributed by atoms with van der Waals surface area (Å²) in [4.78, 5) is 21.6. The lowest BCUT2D eigenvalue weighted by Crippen LogP contribution is -2.09. The number of rotatable bonds is 7. The number of carbonyl (C=O) groups is 1. The van der Waals surface area contributed by atoms with Crippen molar-refractivity contribution in [2.75, 3.05) is 12.4 Å². The second-order valence-electron chi connectivity index (χ2n) is 4.07. The molecule has 1 aromatic carbocycles. The number of hydrogen-bond acceptors (Lipinski definition) is 5. The zero-order valence-electron chi connectivity index (χ0n) is 12.3. The second-order valence-corrected chi connectivity index (χ2v) is 4.07. The van der Waals surface area contributed by atoms with Crippen LogP contribution in [0.4, 0.5) is 11.4 Å². The molecule has 1 N–H and O–H groups in total. The van der Waals surface area contributed by atoms with Gasteiger partial charge in [-0.05, 0) is 12.2 Å². The van der Waals surface area contributed by atoms with E-state index in [1.165, 1.54) is 38.3 Å². The molecule has 0 saturated carbocycles. The molecular weight excluding hydrogens is 288 g/mol. The highest BCUT2D eigenvalue weighted by atomic mass is 16.6. The van der Waals surface area contributed by atoms with Gasteiger partial charge in [-0.3, -0.25) is 14.9 Å². The number of ether oxygens (including phenoxy) is 2. The van der Waals surface area contributed by atoms with Gasteiger partial charge in [0.15, 0.2) is 11.5 Å². The summed E-state index contributed by atoms with van der Waals surface area (Å²) >= 11 is 0. The van der Waals surface area contributed by atoms with Crippen molar-refractivity contribution in [3.05, 3.63) is 59.4 Å². The van der Waals surface area contributed by atoms with Crippen LogP contribution in [0.25, 0.3) is 0 Å². The van der Waals surface area contributed by atoms with Gasteiger partial charge in [-0.15, -0.1) is 0 Å². The summed E-state index contributed by atoms with van der Waals surface area (Å²) in [5.74, 6) is 0.281. The van der Waals surface area contributed by atoms with Gasteiger partial charge in [0.25, 0.3) is 5.69 Å². The van der Waals surface area contributed by atoms with Gasteiger partial charge in [0, 0.05) is 13.0 Å². The first kappa shape index (κ1) is 17.0. The molecule has 0 atom stereocenters. The summed E-state index contributed by atoms with van der Waals surface area (Å²) < 4.78 is 10.6. The molecule has 116 valence electrons. The smallest absolute Gasteiger partial charge is 0.296 e. The van der Waals surface area contributed by atoms with Crippen molar-refractivity contribution in [1.82, 2.24) is 0 Å². The zero-order valence-corrected chi connectivity index (χ0v) is 12.3. The third-order valence-electron chi connectivity index (χ3n) is 2.50. The van der Waals surface area contributed by atoms with E-state index in [-0.39, 0.29) is 22.9 Å². The molecule has 0 spiro atoms. The number of methoxy groups -OCH3 is 1. The number of hydrogen-bond donors (Lipinski definition) is 1. The predicted molar refractivity (Wildman–Crippen MR) is 83.1 cm³/mol. The van der Waals surface area contributed by atoms with Crippen LogP contribution in [0.3, 0.4) is 0 Å². The fourth-order valence-electron chi connectivity index (χ4n) is 1.62. The Morgan fingerprint density at radius 2 is 2.05 bits per heavy atom. The van der Waals surface area contributed by atoms with Crippen molar-refractivity contribution >= 4 is 17.3 Å². The van der Waals surface area contributed by atoms with Gasteiger partial charge >= 0.3 is 0 Å². The van der Waals surface area contributed by atoms with Gasteiger partial charge < -0.3 is 14.8 Å². The van der Waals surface area contributed by atoms with Crippen LogP contribution in [0, 0.1) is 10.1 Å². The van der Waals surface area contributed by atoms with E-state index < -0.39 is 10.8 Å². The SMILES string of the molecule is C=C/C=C(\C=C)Oc1cc(NC(C)=O)c([N+](=O)[O-])cc1OC. The van der Waals surface area contributed by atoms with Gasteiger partial charge in [-0.2, -0.15) is 0 Å². The number of amides is 1. The zero-order chi connectivity index (χ0) is 16.7. The molecule has 0 heterocycles. The molecule has 0 aliphatic carbocycles. The summed E-state index contributed by atoms with van der Waals surface area (Å²) in [6, 6.07) is 2.49. The lowest BCUT2D eigenvalue weighted by Gasteiger charge is -2.13. The lowest BCUT2D eigenvalue weighted by molar-refractivity contribution is -0.384. The number of nitro groups is 1. The Kier molecular flexibility index (Phi) is 5.88. The monoisotopic (exact) mass is 304 g/mol. The Bertz CT molecular complexity index is 650. The molecule has 22 heavy (non-hydrogen) atoms.